The van der Waals surface area contributed by atoms with Crippen LogP contribution in [0, 0.1) is 5.82 Å². The highest BCUT2D eigenvalue weighted by Gasteiger charge is 2.13. The topological polar surface area (TPSA) is 38.1 Å². The molecule has 0 amide bonds. The quantitative estimate of drug-likeness (QED) is 0.808. The van der Waals surface area contributed by atoms with Gasteiger partial charge in [0.2, 0.25) is 0 Å². The smallest absolute Gasteiger partial charge is 0.181 e. The van der Waals surface area contributed by atoms with Gasteiger partial charge in [0.1, 0.15) is 11.5 Å². The molecular formula is C13H15FN2O. The predicted octanol–water partition coefficient (Wildman–Crippen LogP) is 2.98. The molecule has 1 aromatic carbocycles. The molecule has 2 rings (SSSR count). The van der Waals surface area contributed by atoms with E-state index in [0.29, 0.717) is 17.9 Å². The molecule has 0 unspecified atom stereocenters. The Hall–Kier alpha value is -1.68. The lowest BCUT2D eigenvalue weighted by atomic mass is 10.1. The molecule has 2 aromatic rings. The Balaban J connectivity index is 2.22. The fraction of sp³-hybridized carbons (Fsp3) is 0.308. The third kappa shape index (κ3) is 2.71. The number of nitrogens with one attached hydrogen (secondary N) is 1. The zero-order chi connectivity index (χ0) is 12.1. The Morgan fingerprint density at radius 2 is 2.18 bits per heavy atom. The molecule has 0 radical (unpaired) electrons. The normalized spacial score (nSPS) is 10.7. The monoisotopic (exact) mass is 234 g/mol. The van der Waals surface area contributed by atoms with Crippen LogP contribution in [0.3, 0.4) is 0 Å². The fourth-order valence-electron chi connectivity index (χ4n) is 1.64. The molecule has 0 saturated heterocycles. The summed E-state index contributed by atoms with van der Waals surface area (Å²) in [6.45, 7) is 3.59. The Morgan fingerprint density at radius 1 is 1.35 bits per heavy atom. The number of aromatic nitrogens is 1. The van der Waals surface area contributed by atoms with Crippen LogP contribution in [-0.2, 0) is 6.54 Å². The van der Waals surface area contributed by atoms with Crippen LogP contribution < -0.4 is 5.32 Å². The summed E-state index contributed by atoms with van der Waals surface area (Å²) in [4.78, 5) is 4.11. The van der Waals surface area contributed by atoms with Crippen LogP contribution in [0.25, 0.3) is 11.3 Å². The van der Waals surface area contributed by atoms with Crippen molar-refractivity contribution in [3.8, 4) is 11.3 Å². The summed E-state index contributed by atoms with van der Waals surface area (Å²) in [6, 6.07) is 6.55. The lowest BCUT2D eigenvalue weighted by Crippen LogP contribution is -2.14. The van der Waals surface area contributed by atoms with Gasteiger partial charge in [-0.1, -0.05) is 19.1 Å². The molecule has 90 valence electrons. The van der Waals surface area contributed by atoms with Crippen LogP contribution in [0.5, 0.6) is 0 Å². The first-order valence-electron chi connectivity index (χ1n) is 5.71. The molecule has 1 aromatic heterocycles. The van der Waals surface area contributed by atoms with Gasteiger partial charge in [0.05, 0.1) is 5.56 Å². The fourth-order valence-corrected chi connectivity index (χ4v) is 1.64. The highest BCUT2D eigenvalue weighted by molar-refractivity contribution is 5.60. The van der Waals surface area contributed by atoms with Crippen molar-refractivity contribution < 1.29 is 8.81 Å². The van der Waals surface area contributed by atoms with E-state index in [1.807, 2.05) is 0 Å². The third-order valence-electron chi connectivity index (χ3n) is 2.48. The lowest BCUT2D eigenvalue weighted by molar-refractivity contribution is 0.558. The van der Waals surface area contributed by atoms with E-state index < -0.39 is 0 Å². The minimum Gasteiger partial charge on any atom is -0.443 e. The van der Waals surface area contributed by atoms with Gasteiger partial charge in [0.15, 0.2) is 12.2 Å². The number of oxazole rings is 1. The summed E-state index contributed by atoms with van der Waals surface area (Å²) >= 11 is 0. The standard InChI is InChI=1S/C13H15FN2O/c1-2-7-15-8-12-13(17-9-16-12)10-5-3-4-6-11(10)14/h3-6,9,15H,2,7-8H2,1H3. The zero-order valence-corrected chi connectivity index (χ0v) is 9.74. The van der Waals surface area contributed by atoms with Gasteiger partial charge < -0.3 is 9.73 Å². The second kappa shape index (κ2) is 5.59. The van der Waals surface area contributed by atoms with Crippen LogP contribution >= 0.6 is 0 Å². The average Bonchev–Trinajstić information content (AvgIpc) is 2.78. The minimum absolute atomic E-state index is 0.291. The van der Waals surface area contributed by atoms with Crippen molar-refractivity contribution in [1.82, 2.24) is 10.3 Å². The summed E-state index contributed by atoms with van der Waals surface area (Å²) in [6.07, 6.45) is 2.40. The molecule has 17 heavy (non-hydrogen) atoms. The second-order valence-corrected chi connectivity index (χ2v) is 3.78. The number of hydrogen-bond donors (Lipinski definition) is 1. The van der Waals surface area contributed by atoms with Crippen LogP contribution in [0.1, 0.15) is 19.0 Å². The first kappa shape index (κ1) is 11.8. The maximum Gasteiger partial charge on any atom is 0.181 e. The summed E-state index contributed by atoms with van der Waals surface area (Å²) in [5.74, 6) is 0.215. The Kier molecular flexibility index (Phi) is 3.88. The van der Waals surface area contributed by atoms with Gasteiger partial charge in [-0.2, -0.15) is 0 Å². The van der Waals surface area contributed by atoms with Crippen molar-refractivity contribution >= 4 is 0 Å². The molecule has 0 fully saturated rings. The van der Waals surface area contributed by atoms with Gasteiger partial charge in [-0.15, -0.1) is 0 Å². The van der Waals surface area contributed by atoms with E-state index in [1.54, 1.807) is 18.2 Å². The second-order valence-electron chi connectivity index (χ2n) is 3.78. The summed E-state index contributed by atoms with van der Waals surface area (Å²) in [7, 11) is 0. The average molecular weight is 234 g/mol. The maximum atomic E-state index is 13.6. The van der Waals surface area contributed by atoms with E-state index in [-0.39, 0.29) is 5.82 Å². The summed E-state index contributed by atoms with van der Waals surface area (Å²) in [5.41, 5.74) is 1.20. The van der Waals surface area contributed by atoms with Gasteiger partial charge in [0, 0.05) is 6.54 Å². The molecule has 0 bridgehead atoms. The van der Waals surface area contributed by atoms with Crippen molar-refractivity contribution in [3.05, 3.63) is 42.2 Å². The maximum absolute atomic E-state index is 13.6. The highest BCUT2D eigenvalue weighted by Crippen LogP contribution is 2.25. The molecule has 0 saturated carbocycles. The first-order valence-corrected chi connectivity index (χ1v) is 5.71. The van der Waals surface area contributed by atoms with E-state index >= 15 is 0 Å². The number of benzene rings is 1. The largest absolute Gasteiger partial charge is 0.443 e. The number of nitrogens with zero attached hydrogens (tertiary/aromatic N) is 1. The van der Waals surface area contributed by atoms with Gasteiger partial charge in [-0.25, -0.2) is 9.37 Å². The number of halogens is 1. The molecule has 0 aliphatic heterocycles. The van der Waals surface area contributed by atoms with Crippen LogP contribution in [0.15, 0.2) is 35.1 Å². The number of hydrogen-bond acceptors (Lipinski definition) is 3. The van der Waals surface area contributed by atoms with Crippen molar-refractivity contribution in [3.63, 3.8) is 0 Å². The minimum atomic E-state index is -0.291. The van der Waals surface area contributed by atoms with E-state index in [1.165, 1.54) is 12.5 Å². The van der Waals surface area contributed by atoms with Crippen molar-refractivity contribution in [1.29, 1.82) is 0 Å². The van der Waals surface area contributed by atoms with E-state index in [2.05, 4.69) is 17.2 Å². The highest BCUT2D eigenvalue weighted by atomic mass is 19.1. The van der Waals surface area contributed by atoms with Crippen molar-refractivity contribution in [2.24, 2.45) is 0 Å². The molecule has 0 spiro atoms. The molecule has 4 heteroatoms. The molecule has 0 aliphatic rings. The molecule has 0 atom stereocenters. The van der Waals surface area contributed by atoms with Gasteiger partial charge in [-0.05, 0) is 25.1 Å². The molecule has 3 nitrogen and oxygen atoms in total. The van der Waals surface area contributed by atoms with Crippen molar-refractivity contribution in [2.75, 3.05) is 6.54 Å². The van der Waals surface area contributed by atoms with Gasteiger partial charge in [0.25, 0.3) is 0 Å². The van der Waals surface area contributed by atoms with E-state index in [0.717, 1.165) is 18.7 Å². The van der Waals surface area contributed by atoms with Crippen LogP contribution in [-0.4, -0.2) is 11.5 Å². The Bertz CT molecular complexity index is 482. The SMILES string of the molecule is CCCNCc1ncoc1-c1ccccc1F. The van der Waals surface area contributed by atoms with Gasteiger partial charge >= 0.3 is 0 Å². The van der Waals surface area contributed by atoms with Crippen molar-refractivity contribution in [2.45, 2.75) is 19.9 Å². The summed E-state index contributed by atoms with van der Waals surface area (Å²) < 4.78 is 18.9. The van der Waals surface area contributed by atoms with Gasteiger partial charge in [-0.3, -0.25) is 0 Å². The van der Waals surface area contributed by atoms with E-state index in [9.17, 15) is 4.39 Å². The lowest BCUT2D eigenvalue weighted by Gasteiger charge is -2.03. The molecule has 0 aliphatic carbocycles. The van der Waals surface area contributed by atoms with Crippen LogP contribution in [0.4, 0.5) is 4.39 Å². The Morgan fingerprint density at radius 3 is 2.94 bits per heavy atom. The molecular weight excluding hydrogens is 219 g/mol. The zero-order valence-electron chi connectivity index (χ0n) is 9.74. The molecule has 1 heterocycles. The number of rotatable bonds is 5. The molecule has 1 N–H and O–H groups in total. The third-order valence-corrected chi connectivity index (χ3v) is 2.48. The van der Waals surface area contributed by atoms with E-state index in [4.69, 9.17) is 4.42 Å². The predicted molar refractivity (Wildman–Crippen MR) is 63.9 cm³/mol. The van der Waals surface area contributed by atoms with Crippen LogP contribution in [0.2, 0.25) is 0 Å². The first-order chi connectivity index (χ1) is 8.33. The Labute approximate surface area is 99.7 Å². The summed E-state index contributed by atoms with van der Waals surface area (Å²) in [5, 5.41) is 3.22.